The summed E-state index contributed by atoms with van der Waals surface area (Å²) in [5, 5.41) is 3.22. The van der Waals surface area contributed by atoms with Crippen LogP contribution in [-0.2, 0) is 5.88 Å². The molecule has 0 saturated carbocycles. The van der Waals surface area contributed by atoms with E-state index in [9.17, 15) is 8.78 Å². The van der Waals surface area contributed by atoms with Crippen LogP contribution in [-0.4, -0.2) is 17.0 Å². The molecule has 0 spiro atoms. The van der Waals surface area contributed by atoms with Crippen LogP contribution in [0, 0.1) is 11.6 Å². The predicted octanol–water partition coefficient (Wildman–Crippen LogP) is 2.69. The molecule has 6 heteroatoms. The lowest BCUT2D eigenvalue weighted by Crippen LogP contribution is -2.01. The minimum Gasteiger partial charge on any atom is -0.373 e. The zero-order valence-corrected chi connectivity index (χ0v) is 9.15. The van der Waals surface area contributed by atoms with Gasteiger partial charge in [0.1, 0.15) is 11.6 Å². The van der Waals surface area contributed by atoms with E-state index in [0.717, 1.165) is 12.1 Å². The number of halogens is 3. The number of nitrogens with one attached hydrogen (secondary N) is 1. The summed E-state index contributed by atoms with van der Waals surface area (Å²) in [5.41, 5.74) is 0.328. The highest BCUT2D eigenvalue weighted by atomic mass is 35.5. The third-order valence-corrected chi connectivity index (χ3v) is 2.38. The highest BCUT2D eigenvalue weighted by molar-refractivity contribution is 6.16. The largest absolute Gasteiger partial charge is 0.373 e. The third-order valence-electron chi connectivity index (χ3n) is 2.14. The van der Waals surface area contributed by atoms with Crippen molar-refractivity contribution in [3.63, 3.8) is 0 Å². The molecule has 3 nitrogen and oxygen atoms in total. The number of aromatic nitrogens is 2. The predicted molar refractivity (Wildman–Crippen MR) is 58.6 cm³/mol. The van der Waals surface area contributed by atoms with Crippen molar-refractivity contribution in [3.05, 3.63) is 29.6 Å². The van der Waals surface area contributed by atoms with E-state index in [-0.39, 0.29) is 5.88 Å². The van der Waals surface area contributed by atoms with Crippen molar-refractivity contribution in [2.45, 2.75) is 5.88 Å². The van der Waals surface area contributed by atoms with E-state index in [1.165, 1.54) is 0 Å². The van der Waals surface area contributed by atoms with Crippen LogP contribution in [0.3, 0.4) is 0 Å². The lowest BCUT2D eigenvalue weighted by molar-refractivity contribution is 0.510. The van der Waals surface area contributed by atoms with Crippen molar-refractivity contribution < 1.29 is 8.78 Å². The van der Waals surface area contributed by atoms with E-state index in [0.29, 0.717) is 22.5 Å². The molecule has 1 aromatic carbocycles. The Kier molecular flexibility index (Phi) is 2.87. The summed E-state index contributed by atoms with van der Waals surface area (Å²) < 4.78 is 26.1. The zero-order chi connectivity index (χ0) is 11.7. The number of rotatable bonds is 2. The molecule has 0 unspecified atom stereocenters. The van der Waals surface area contributed by atoms with Crippen molar-refractivity contribution in [2.75, 3.05) is 12.4 Å². The Balaban J connectivity index is 2.79. The number of hydrogen-bond acceptors (Lipinski definition) is 3. The summed E-state index contributed by atoms with van der Waals surface area (Å²) >= 11 is 5.61. The molecule has 1 heterocycles. The van der Waals surface area contributed by atoms with Crippen LogP contribution in [0.25, 0.3) is 10.9 Å². The molecule has 2 aromatic rings. The van der Waals surface area contributed by atoms with E-state index < -0.39 is 11.6 Å². The van der Waals surface area contributed by atoms with Crippen molar-refractivity contribution in [2.24, 2.45) is 0 Å². The Hall–Kier alpha value is -1.49. The summed E-state index contributed by atoms with van der Waals surface area (Å²) in [7, 11) is 1.64. The summed E-state index contributed by atoms with van der Waals surface area (Å²) in [4.78, 5) is 8.08. The van der Waals surface area contributed by atoms with Gasteiger partial charge in [0.05, 0.1) is 11.4 Å². The molecule has 0 aliphatic heterocycles. The van der Waals surface area contributed by atoms with Gasteiger partial charge in [-0.05, 0) is 6.07 Å². The molecule has 0 bridgehead atoms. The molecule has 1 N–H and O–H groups in total. The standard InChI is InChI=1S/C10H8ClF2N3/c1-14-10-5-2-6(12)7(13)3-8(5)15-9(4-11)16-10/h2-3H,4H2,1H3,(H,14,15,16). The summed E-state index contributed by atoms with van der Waals surface area (Å²) in [6.07, 6.45) is 0. The molecule has 0 aliphatic rings. The van der Waals surface area contributed by atoms with Gasteiger partial charge in [-0.3, -0.25) is 0 Å². The molecule has 0 amide bonds. The molecule has 0 atom stereocenters. The first-order chi connectivity index (χ1) is 7.65. The maximum absolute atomic E-state index is 13.1. The number of benzene rings is 1. The Morgan fingerprint density at radius 3 is 2.56 bits per heavy atom. The summed E-state index contributed by atoms with van der Waals surface area (Å²) in [5.74, 6) is -0.951. The number of anilines is 1. The van der Waals surface area contributed by atoms with Crippen LogP contribution < -0.4 is 5.32 Å². The van der Waals surface area contributed by atoms with Gasteiger partial charge in [0.25, 0.3) is 0 Å². The lowest BCUT2D eigenvalue weighted by Gasteiger charge is -2.07. The highest BCUT2D eigenvalue weighted by Crippen LogP contribution is 2.23. The molecule has 84 valence electrons. The smallest absolute Gasteiger partial charge is 0.161 e. The van der Waals surface area contributed by atoms with Crippen LogP contribution in [0.2, 0.25) is 0 Å². The van der Waals surface area contributed by atoms with Crippen LogP contribution in [0.5, 0.6) is 0 Å². The van der Waals surface area contributed by atoms with Crippen molar-refractivity contribution in [3.8, 4) is 0 Å². The number of fused-ring (bicyclic) bond motifs is 1. The summed E-state index contributed by atoms with van der Waals surface area (Å²) in [6, 6.07) is 2.09. The summed E-state index contributed by atoms with van der Waals surface area (Å²) in [6.45, 7) is 0. The fourth-order valence-electron chi connectivity index (χ4n) is 1.42. The SMILES string of the molecule is CNc1nc(CCl)nc2cc(F)c(F)cc12. The first-order valence-corrected chi connectivity index (χ1v) is 5.08. The van der Waals surface area contributed by atoms with Crippen LogP contribution in [0.15, 0.2) is 12.1 Å². The first kappa shape index (κ1) is 11.0. The molecule has 2 rings (SSSR count). The van der Waals surface area contributed by atoms with Gasteiger partial charge in [-0.2, -0.15) is 0 Å². The third kappa shape index (κ3) is 1.78. The van der Waals surface area contributed by atoms with Crippen LogP contribution in [0.4, 0.5) is 14.6 Å². The molecule has 16 heavy (non-hydrogen) atoms. The molecule has 0 aliphatic carbocycles. The Labute approximate surface area is 95.5 Å². The fourth-order valence-corrected chi connectivity index (χ4v) is 1.54. The number of hydrogen-bond donors (Lipinski definition) is 1. The van der Waals surface area contributed by atoms with Crippen LogP contribution in [0.1, 0.15) is 5.82 Å². The van der Waals surface area contributed by atoms with Gasteiger partial charge in [0.15, 0.2) is 11.6 Å². The van der Waals surface area contributed by atoms with E-state index in [1.54, 1.807) is 7.05 Å². The molecule has 0 fully saturated rings. The van der Waals surface area contributed by atoms with Gasteiger partial charge in [0, 0.05) is 18.5 Å². The van der Waals surface area contributed by atoms with Gasteiger partial charge in [-0.25, -0.2) is 18.7 Å². The normalized spacial score (nSPS) is 10.8. The minimum atomic E-state index is -0.936. The number of alkyl halides is 1. The molecule has 0 radical (unpaired) electrons. The maximum Gasteiger partial charge on any atom is 0.161 e. The van der Waals surface area contributed by atoms with Gasteiger partial charge in [-0.15, -0.1) is 11.6 Å². The average Bonchev–Trinajstić information content (AvgIpc) is 2.29. The van der Waals surface area contributed by atoms with E-state index in [4.69, 9.17) is 11.6 Å². The Morgan fingerprint density at radius 2 is 1.94 bits per heavy atom. The number of nitrogens with zero attached hydrogens (tertiary/aromatic N) is 2. The highest BCUT2D eigenvalue weighted by Gasteiger charge is 2.10. The Morgan fingerprint density at radius 1 is 1.25 bits per heavy atom. The fraction of sp³-hybridized carbons (Fsp3) is 0.200. The van der Waals surface area contributed by atoms with Crippen LogP contribution >= 0.6 is 11.6 Å². The monoisotopic (exact) mass is 243 g/mol. The van der Waals surface area contributed by atoms with Gasteiger partial charge in [0.2, 0.25) is 0 Å². The lowest BCUT2D eigenvalue weighted by atomic mass is 10.2. The van der Waals surface area contributed by atoms with E-state index in [1.807, 2.05) is 0 Å². The average molecular weight is 244 g/mol. The van der Waals surface area contributed by atoms with Gasteiger partial charge >= 0.3 is 0 Å². The van der Waals surface area contributed by atoms with E-state index >= 15 is 0 Å². The van der Waals surface area contributed by atoms with Crippen molar-refractivity contribution in [1.82, 2.24) is 9.97 Å². The molecule has 1 aromatic heterocycles. The minimum absolute atomic E-state index is 0.115. The molecular weight excluding hydrogens is 236 g/mol. The quantitative estimate of drug-likeness (QED) is 0.824. The second-order valence-electron chi connectivity index (χ2n) is 3.16. The molecular formula is C10H8ClF2N3. The zero-order valence-electron chi connectivity index (χ0n) is 8.39. The Bertz CT molecular complexity index is 545. The maximum atomic E-state index is 13.1. The van der Waals surface area contributed by atoms with E-state index in [2.05, 4.69) is 15.3 Å². The topological polar surface area (TPSA) is 37.8 Å². The second kappa shape index (κ2) is 4.17. The second-order valence-corrected chi connectivity index (χ2v) is 3.42. The molecule has 0 saturated heterocycles. The van der Waals surface area contributed by atoms with Crippen molar-refractivity contribution >= 4 is 28.3 Å². The van der Waals surface area contributed by atoms with Gasteiger partial charge in [-0.1, -0.05) is 0 Å². The van der Waals surface area contributed by atoms with Gasteiger partial charge < -0.3 is 5.32 Å². The van der Waals surface area contributed by atoms with Crippen molar-refractivity contribution in [1.29, 1.82) is 0 Å². The first-order valence-electron chi connectivity index (χ1n) is 4.55.